The molecule has 0 aromatic heterocycles. The summed E-state index contributed by atoms with van der Waals surface area (Å²) in [6.45, 7) is 1.74. The minimum absolute atomic E-state index is 0.187. The van der Waals surface area contributed by atoms with E-state index in [2.05, 4.69) is 39.0 Å². The molecule has 1 heterocycles. The number of carbonyl (C=O) groups is 1. The molecule has 19 heavy (non-hydrogen) atoms. The molecule has 0 saturated carbocycles. The summed E-state index contributed by atoms with van der Waals surface area (Å²) in [4.78, 5) is 13.5. The fourth-order valence-corrected chi connectivity index (χ4v) is 3.84. The fraction of sp³-hybridized carbons (Fsp3) is 0.533. The van der Waals surface area contributed by atoms with Crippen molar-refractivity contribution in [3.05, 3.63) is 33.8 Å². The lowest BCUT2D eigenvalue weighted by molar-refractivity contribution is -0.144. The molecule has 1 aromatic carbocycles. The van der Waals surface area contributed by atoms with E-state index in [0.29, 0.717) is 12.6 Å². The van der Waals surface area contributed by atoms with Crippen molar-refractivity contribution in [2.24, 2.45) is 5.92 Å². The van der Waals surface area contributed by atoms with Gasteiger partial charge in [0.25, 0.3) is 0 Å². The van der Waals surface area contributed by atoms with Crippen LogP contribution in [0.15, 0.2) is 22.7 Å². The van der Waals surface area contributed by atoms with Crippen molar-refractivity contribution >= 4 is 21.9 Å². The number of carboxylic acid groups (broad SMARTS) is 1. The largest absolute Gasteiger partial charge is 0.481 e. The Bertz CT molecular complexity index is 503. The molecule has 2 aliphatic rings. The molecule has 0 bridgehead atoms. The Morgan fingerprint density at radius 3 is 3.00 bits per heavy atom. The van der Waals surface area contributed by atoms with Crippen LogP contribution in [-0.4, -0.2) is 29.1 Å². The predicted molar refractivity (Wildman–Crippen MR) is 77.1 cm³/mol. The summed E-state index contributed by atoms with van der Waals surface area (Å²) in [6.07, 6.45) is 4.05. The Balaban J connectivity index is 1.79. The van der Waals surface area contributed by atoms with E-state index in [1.165, 1.54) is 11.1 Å². The first-order chi connectivity index (χ1) is 9.15. The van der Waals surface area contributed by atoms with E-state index in [9.17, 15) is 9.90 Å². The van der Waals surface area contributed by atoms with Gasteiger partial charge in [-0.15, -0.1) is 0 Å². The number of benzene rings is 1. The highest BCUT2D eigenvalue weighted by Gasteiger charge is 2.33. The third-order valence-corrected chi connectivity index (χ3v) is 4.89. The molecule has 1 aliphatic carbocycles. The second-order valence-electron chi connectivity index (χ2n) is 5.57. The highest BCUT2D eigenvalue weighted by Crippen LogP contribution is 2.38. The minimum Gasteiger partial charge on any atom is -0.481 e. The Morgan fingerprint density at radius 2 is 2.21 bits per heavy atom. The van der Waals surface area contributed by atoms with Gasteiger partial charge in [0.05, 0.1) is 5.92 Å². The van der Waals surface area contributed by atoms with Crippen LogP contribution in [-0.2, 0) is 11.2 Å². The van der Waals surface area contributed by atoms with Crippen LogP contribution in [0.5, 0.6) is 0 Å². The van der Waals surface area contributed by atoms with Crippen molar-refractivity contribution < 1.29 is 9.90 Å². The van der Waals surface area contributed by atoms with Crippen molar-refractivity contribution in [3.63, 3.8) is 0 Å². The van der Waals surface area contributed by atoms with E-state index in [-0.39, 0.29) is 5.92 Å². The standard InChI is InChI=1S/C15H18BrNO2/c16-12-4-5-13-10(8-12)3-6-14(13)17-7-1-2-11(9-17)15(18)19/h4-5,8,11,14H,1-3,6-7,9H2,(H,18,19). The first-order valence-corrected chi connectivity index (χ1v) is 7.69. The first-order valence-electron chi connectivity index (χ1n) is 6.90. The number of aliphatic carboxylic acids is 1. The molecule has 1 aliphatic heterocycles. The average Bonchev–Trinajstić information content (AvgIpc) is 2.81. The van der Waals surface area contributed by atoms with Crippen LogP contribution in [0.4, 0.5) is 0 Å². The van der Waals surface area contributed by atoms with Gasteiger partial charge in [0, 0.05) is 17.1 Å². The number of halogens is 1. The smallest absolute Gasteiger partial charge is 0.307 e. The molecule has 2 atom stereocenters. The molecule has 102 valence electrons. The van der Waals surface area contributed by atoms with Gasteiger partial charge in [0.1, 0.15) is 0 Å². The zero-order chi connectivity index (χ0) is 13.4. The maximum Gasteiger partial charge on any atom is 0.307 e. The number of rotatable bonds is 2. The number of carboxylic acids is 1. The molecular formula is C15H18BrNO2. The number of hydrogen-bond donors (Lipinski definition) is 1. The maximum absolute atomic E-state index is 11.2. The van der Waals surface area contributed by atoms with E-state index < -0.39 is 5.97 Å². The number of hydrogen-bond acceptors (Lipinski definition) is 2. The van der Waals surface area contributed by atoms with Crippen molar-refractivity contribution in [1.82, 2.24) is 4.90 Å². The van der Waals surface area contributed by atoms with E-state index in [1.807, 2.05) is 0 Å². The number of piperidine rings is 1. The highest BCUT2D eigenvalue weighted by atomic mass is 79.9. The summed E-state index contributed by atoms with van der Waals surface area (Å²) in [7, 11) is 0. The van der Waals surface area contributed by atoms with Gasteiger partial charge < -0.3 is 5.11 Å². The summed E-state index contributed by atoms with van der Waals surface area (Å²) in [5.41, 5.74) is 2.81. The lowest BCUT2D eigenvalue weighted by Gasteiger charge is -2.35. The van der Waals surface area contributed by atoms with Gasteiger partial charge in [-0.3, -0.25) is 9.69 Å². The van der Waals surface area contributed by atoms with Crippen LogP contribution in [0.1, 0.15) is 36.4 Å². The van der Waals surface area contributed by atoms with Gasteiger partial charge in [-0.25, -0.2) is 0 Å². The van der Waals surface area contributed by atoms with Gasteiger partial charge in [-0.2, -0.15) is 0 Å². The summed E-state index contributed by atoms with van der Waals surface area (Å²) in [5.74, 6) is -0.827. The van der Waals surface area contributed by atoms with E-state index in [4.69, 9.17) is 0 Å². The van der Waals surface area contributed by atoms with Crippen LogP contribution < -0.4 is 0 Å². The zero-order valence-corrected chi connectivity index (χ0v) is 12.4. The molecule has 1 fully saturated rings. The first kappa shape index (κ1) is 13.1. The molecule has 0 spiro atoms. The van der Waals surface area contributed by atoms with Crippen LogP contribution in [0.25, 0.3) is 0 Å². The third kappa shape index (κ3) is 2.56. The average molecular weight is 324 g/mol. The van der Waals surface area contributed by atoms with Gasteiger partial charge >= 0.3 is 5.97 Å². The maximum atomic E-state index is 11.2. The highest BCUT2D eigenvalue weighted by molar-refractivity contribution is 9.10. The SMILES string of the molecule is O=C(O)C1CCCN(C2CCc3cc(Br)ccc32)C1. The van der Waals surface area contributed by atoms with Gasteiger partial charge in [0.15, 0.2) is 0 Å². The Morgan fingerprint density at radius 1 is 1.37 bits per heavy atom. The van der Waals surface area contributed by atoms with Crippen molar-refractivity contribution in [2.45, 2.75) is 31.7 Å². The van der Waals surface area contributed by atoms with Crippen molar-refractivity contribution in [2.75, 3.05) is 13.1 Å². The lowest BCUT2D eigenvalue weighted by atomic mass is 9.95. The molecule has 3 rings (SSSR count). The van der Waals surface area contributed by atoms with E-state index in [1.54, 1.807) is 0 Å². The summed E-state index contributed by atoms with van der Waals surface area (Å²) >= 11 is 3.52. The van der Waals surface area contributed by atoms with E-state index in [0.717, 1.165) is 36.7 Å². The normalized spacial score (nSPS) is 27.2. The quantitative estimate of drug-likeness (QED) is 0.908. The van der Waals surface area contributed by atoms with Gasteiger partial charge in [0.2, 0.25) is 0 Å². The molecule has 3 nitrogen and oxygen atoms in total. The zero-order valence-electron chi connectivity index (χ0n) is 10.8. The molecular weight excluding hydrogens is 306 g/mol. The van der Waals surface area contributed by atoms with Gasteiger partial charge in [-0.1, -0.05) is 22.0 Å². The number of likely N-dealkylation sites (tertiary alicyclic amines) is 1. The topological polar surface area (TPSA) is 40.5 Å². The lowest BCUT2D eigenvalue weighted by Crippen LogP contribution is -2.40. The molecule has 4 heteroatoms. The predicted octanol–water partition coefficient (Wildman–Crippen LogP) is 3.23. The molecule has 1 aromatic rings. The summed E-state index contributed by atoms with van der Waals surface area (Å²) < 4.78 is 1.13. The molecule has 2 unspecified atom stereocenters. The van der Waals surface area contributed by atoms with Crippen molar-refractivity contribution in [1.29, 1.82) is 0 Å². The molecule has 0 radical (unpaired) electrons. The summed E-state index contributed by atoms with van der Waals surface area (Å²) in [5, 5.41) is 9.20. The van der Waals surface area contributed by atoms with Crippen LogP contribution >= 0.6 is 15.9 Å². The molecule has 1 saturated heterocycles. The Kier molecular flexibility index (Phi) is 3.63. The second kappa shape index (κ2) is 5.25. The molecule has 0 amide bonds. The van der Waals surface area contributed by atoms with Crippen LogP contribution in [0, 0.1) is 5.92 Å². The number of fused-ring (bicyclic) bond motifs is 1. The molecule has 1 N–H and O–H groups in total. The van der Waals surface area contributed by atoms with Crippen LogP contribution in [0.2, 0.25) is 0 Å². The van der Waals surface area contributed by atoms with E-state index >= 15 is 0 Å². The van der Waals surface area contributed by atoms with Gasteiger partial charge in [-0.05, 0) is 55.5 Å². The van der Waals surface area contributed by atoms with Crippen LogP contribution in [0.3, 0.4) is 0 Å². The Hall–Kier alpha value is -0.870. The number of aryl methyl sites for hydroxylation is 1. The van der Waals surface area contributed by atoms with Crippen molar-refractivity contribution in [3.8, 4) is 0 Å². The fourth-order valence-electron chi connectivity index (χ4n) is 3.43. The third-order valence-electron chi connectivity index (χ3n) is 4.39. The second-order valence-corrected chi connectivity index (χ2v) is 6.49. The minimum atomic E-state index is -0.640. The summed E-state index contributed by atoms with van der Waals surface area (Å²) in [6, 6.07) is 6.91. The number of nitrogens with zero attached hydrogens (tertiary/aromatic N) is 1. The monoisotopic (exact) mass is 323 g/mol. The Labute approximate surface area is 121 Å².